The predicted octanol–water partition coefficient (Wildman–Crippen LogP) is 2.69. The summed E-state index contributed by atoms with van der Waals surface area (Å²) in [4.78, 5) is 22.7. The summed E-state index contributed by atoms with van der Waals surface area (Å²) in [6.07, 6.45) is 1.79. The topological polar surface area (TPSA) is 105 Å². The molecule has 4 aromatic rings. The van der Waals surface area contributed by atoms with Gasteiger partial charge in [0.25, 0.3) is 0 Å². The standard InChI is InChI=1S/C23H26N8O/c1-15-12-16(2)31(29-15)22-10-9-21(27-28-22)30-11-5-6-17(14-30)23(32)24-13-20-25-18-7-3-4-8-19(18)26-20/h3-4,7-10,12,17H,5-6,11,13-14H2,1-2H3,(H,24,32)(H,25,26)/t17-/m1/s1. The van der Waals surface area contributed by atoms with Crippen molar-refractivity contribution in [2.24, 2.45) is 5.92 Å². The summed E-state index contributed by atoms with van der Waals surface area (Å²) in [7, 11) is 0. The van der Waals surface area contributed by atoms with E-state index in [-0.39, 0.29) is 11.8 Å². The minimum atomic E-state index is -0.0920. The van der Waals surface area contributed by atoms with Gasteiger partial charge in [0.05, 0.1) is 29.2 Å². The molecular formula is C23H26N8O. The average molecular weight is 431 g/mol. The Balaban J connectivity index is 1.21. The lowest BCUT2D eigenvalue weighted by atomic mass is 9.97. The number of imidazole rings is 1. The first-order valence-electron chi connectivity index (χ1n) is 10.9. The Kier molecular flexibility index (Phi) is 5.30. The first kappa shape index (κ1) is 20.2. The molecule has 32 heavy (non-hydrogen) atoms. The SMILES string of the molecule is Cc1cc(C)n(-c2ccc(N3CCC[C@@H](C(=O)NCc4nc5ccccc5[nH]4)C3)nn2)n1. The Hall–Kier alpha value is -3.75. The molecule has 2 N–H and O–H groups in total. The van der Waals surface area contributed by atoms with Crippen molar-refractivity contribution in [2.75, 3.05) is 18.0 Å². The summed E-state index contributed by atoms with van der Waals surface area (Å²) in [5.41, 5.74) is 3.84. The second-order valence-electron chi connectivity index (χ2n) is 8.29. The van der Waals surface area contributed by atoms with Crippen molar-refractivity contribution >= 4 is 22.8 Å². The van der Waals surface area contributed by atoms with Gasteiger partial charge in [0, 0.05) is 18.8 Å². The number of nitrogens with one attached hydrogen (secondary N) is 2. The highest BCUT2D eigenvalue weighted by Crippen LogP contribution is 2.22. The summed E-state index contributed by atoms with van der Waals surface area (Å²) in [5, 5.41) is 16.3. The smallest absolute Gasteiger partial charge is 0.225 e. The van der Waals surface area contributed by atoms with E-state index in [9.17, 15) is 4.79 Å². The lowest BCUT2D eigenvalue weighted by Crippen LogP contribution is -2.43. The van der Waals surface area contributed by atoms with Crippen LogP contribution < -0.4 is 10.2 Å². The third kappa shape index (κ3) is 4.05. The fourth-order valence-electron chi connectivity index (χ4n) is 4.26. The zero-order valence-corrected chi connectivity index (χ0v) is 18.2. The lowest BCUT2D eigenvalue weighted by Gasteiger charge is -2.32. The molecule has 5 rings (SSSR count). The Labute approximate surface area is 185 Å². The van der Waals surface area contributed by atoms with Crippen molar-refractivity contribution in [1.29, 1.82) is 0 Å². The minimum Gasteiger partial charge on any atom is -0.354 e. The van der Waals surface area contributed by atoms with Crippen LogP contribution in [0.5, 0.6) is 0 Å². The van der Waals surface area contributed by atoms with Gasteiger partial charge in [-0.1, -0.05) is 12.1 Å². The molecule has 1 atom stereocenters. The largest absolute Gasteiger partial charge is 0.354 e. The number of nitrogens with zero attached hydrogens (tertiary/aromatic N) is 6. The molecule has 0 unspecified atom stereocenters. The number of carbonyl (C=O) groups excluding carboxylic acids is 1. The molecule has 0 bridgehead atoms. The van der Waals surface area contributed by atoms with Crippen LogP contribution in [-0.2, 0) is 11.3 Å². The number of fused-ring (bicyclic) bond motifs is 1. The van der Waals surface area contributed by atoms with Crippen molar-refractivity contribution in [2.45, 2.75) is 33.2 Å². The molecule has 0 spiro atoms. The van der Waals surface area contributed by atoms with Gasteiger partial charge in [0.15, 0.2) is 11.6 Å². The highest BCUT2D eigenvalue weighted by Gasteiger charge is 2.27. The number of amides is 1. The number of para-hydroxylation sites is 2. The van der Waals surface area contributed by atoms with E-state index in [0.29, 0.717) is 18.9 Å². The number of hydrogen-bond acceptors (Lipinski definition) is 6. The normalized spacial score (nSPS) is 16.4. The van der Waals surface area contributed by atoms with E-state index >= 15 is 0 Å². The molecular weight excluding hydrogens is 404 g/mol. The zero-order chi connectivity index (χ0) is 22.1. The molecule has 0 saturated carbocycles. The van der Waals surface area contributed by atoms with Crippen LogP contribution in [0.2, 0.25) is 0 Å². The number of rotatable bonds is 5. The second kappa shape index (κ2) is 8.41. The maximum absolute atomic E-state index is 12.8. The molecule has 4 heterocycles. The number of carbonyl (C=O) groups is 1. The third-order valence-corrected chi connectivity index (χ3v) is 5.85. The van der Waals surface area contributed by atoms with Crippen molar-refractivity contribution in [3.63, 3.8) is 0 Å². The van der Waals surface area contributed by atoms with E-state index in [0.717, 1.165) is 53.4 Å². The molecule has 3 aromatic heterocycles. The highest BCUT2D eigenvalue weighted by molar-refractivity contribution is 5.80. The molecule has 0 radical (unpaired) electrons. The molecule has 1 aliphatic rings. The summed E-state index contributed by atoms with van der Waals surface area (Å²) in [5.74, 6) is 2.19. The van der Waals surface area contributed by atoms with Gasteiger partial charge in [-0.2, -0.15) is 5.10 Å². The molecule has 164 valence electrons. The lowest BCUT2D eigenvalue weighted by molar-refractivity contribution is -0.125. The van der Waals surface area contributed by atoms with Crippen molar-refractivity contribution < 1.29 is 4.79 Å². The molecule has 1 aromatic carbocycles. The number of aromatic amines is 1. The molecule has 9 nitrogen and oxygen atoms in total. The van der Waals surface area contributed by atoms with Crippen LogP contribution in [0.25, 0.3) is 16.9 Å². The van der Waals surface area contributed by atoms with Gasteiger partial charge in [-0.15, -0.1) is 10.2 Å². The van der Waals surface area contributed by atoms with Crippen molar-refractivity contribution in [3.8, 4) is 5.82 Å². The monoisotopic (exact) mass is 430 g/mol. The average Bonchev–Trinajstić information content (AvgIpc) is 3.39. The van der Waals surface area contributed by atoms with Crippen molar-refractivity contribution in [3.05, 3.63) is 59.7 Å². The fourth-order valence-corrected chi connectivity index (χ4v) is 4.26. The number of hydrogen-bond donors (Lipinski definition) is 2. The van der Waals surface area contributed by atoms with Crippen LogP contribution in [0.3, 0.4) is 0 Å². The molecule has 1 amide bonds. The van der Waals surface area contributed by atoms with E-state index < -0.39 is 0 Å². The maximum Gasteiger partial charge on any atom is 0.225 e. The Morgan fingerprint density at radius 1 is 1.16 bits per heavy atom. The van der Waals surface area contributed by atoms with E-state index in [1.165, 1.54) is 0 Å². The van der Waals surface area contributed by atoms with Gasteiger partial charge >= 0.3 is 0 Å². The van der Waals surface area contributed by atoms with Gasteiger partial charge in [0.2, 0.25) is 5.91 Å². The number of benzene rings is 1. The second-order valence-corrected chi connectivity index (χ2v) is 8.29. The van der Waals surface area contributed by atoms with Crippen LogP contribution in [-0.4, -0.2) is 48.9 Å². The molecule has 1 saturated heterocycles. The zero-order valence-electron chi connectivity index (χ0n) is 18.2. The Morgan fingerprint density at radius 2 is 1.97 bits per heavy atom. The van der Waals surface area contributed by atoms with Crippen LogP contribution in [0.1, 0.15) is 30.1 Å². The van der Waals surface area contributed by atoms with Gasteiger partial charge in [-0.3, -0.25) is 4.79 Å². The van der Waals surface area contributed by atoms with Crippen LogP contribution in [0.4, 0.5) is 5.82 Å². The van der Waals surface area contributed by atoms with E-state index in [2.05, 4.69) is 35.5 Å². The fraction of sp³-hybridized carbons (Fsp3) is 0.348. The van der Waals surface area contributed by atoms with Crippen LogP contribution in [0.15, 0.2) is 42.5 Å². The van der Waals surface area contributed by atoms with Gasteiger partial charge in [-0.25, -0.2) is 9.67 Å². The van der Waals surface area contributed by atoms with Crippen molar-refractivity contribution in [1.82, 2.24) is 35.3 Å². The summed E-state index contributed by atoms with van der Waals surface area (Å²) in [6.45, 7) is 5.83. The molecule has 1 fully saturated rings. The highest BCUT2D eigenvalue weighted by atomic mass is 16.1. The number of piperidine rings is 1. The number of H-pyrrole nitrogens is 1. The molecule has 9 heteroatoms. The third-order valence-electron chi connectivity index (χ3n) is 5.85. The van der Waals surface area contributed by atoms with Gasteiger partial charge < -0.3 is 15.2 Å². The summed E-state index contributed by atoms with van der Waals surface area (Å²) >= 11 is 0. The maximum atomic E-state index is 12.8. The molecule has 0 aliphatic carbocycles. The quantitative estimate of drug-likeness (QED) is 0.504. The molecule has 1 aliphatic heterocycles. The van der Waals surface area contributed by atoms with Gasteiger partial charge in [0.1, 0.15) is 5.82 Å². The number of aromatic nitrogens is 6. The summed E-state index contributed by atoms with van der Waals surface area (Å²) < 4.78 is 1.79. The minimum absolute atomic E-state index is 0.0439. The van der Waals surface area contributed by atoms with E-state index in [1.807, 2.05) is 56.3 Å². The van der Waals surface area contributed by atoms with Crippen LogP contribution in [0, 0.1) is 19.8 Å². The van der Waals surface area contributed by atoms with E-state index in [4.69, 9.17) is 0 Å². The summed E-state index contributed by atoms with van der Waals surface area (Å²) in [6, 6.07) is 13.7. The Morgan fingerprint density at radius 3 is 2.72 bits per heavy atom. The van der Waals surface area contributed by atoms with Crippen LogP contribution >= 0.6 is 0 Å². The first-order valence-corrected chi connectivity index (χ1v) is 10.9. The van der Waals surface area contributed by atoms with Gasteiger partial charge in [-0.05, 0) is 57.0 Å². The number of aryl methyl sites for hydroxylation is 2. The number of anilines is 1. The first-order chi connectivity index (χ1) is 15.6. The Bertz CT molecular complexity index is 1210. The van der Waals surface area contributed by atoms with E-state index in [1.54, 1.807) is 4.68 Å². The predicted molar refractivity (Wildman–Crippen MR) is 122 cm³/mol.